The van der Waals surface area contributed by atoms with Crippen LogP contribution in [0, 0.1) is 5.82 Å². The molecule has 20 heavy (non-hydrogen) atoms. The first-order valence-corrected chi connectivity index (χ1v) is 6.60. The second-order valence-electron chi connectivity index (χ2n) is 4.22. The summed E-state index contributed by atoms with van der Waals surface area (Å²) in [6.07, 6.45) is 3.26. The van der Waals surface area contributed by atoms with Crippen molar-refractivity contribution in [3.8, 4) is 0 Å². The van der Waals surface area contributed by atoms with E-state index in [0.29, 0.717) is 0 Å². The van der Waals surface area contributed by atoms with Gasteiger partial charge in [-0.25, -0.2) is 4.39 Å². The van der Waals surface area contributed by atoms with Crippen LogP contribution < -0.4 is 5.32 Å². The third kappa shape index (κ3) is 3.26. The molecule has 0 saturated heterocycles. The topological polar surface area (TPSA) is 42.0 Å². The lowest BCUT2D eigenvalue weighted by molar-refractivity contribution is 0.0939. The monoisotopic (exact) mass is 312 g/mol. The first kappa shape index (κ1) is 14.8. The van der Waals surface area contributed by atoms with Crippen LogP contribution in [0.1, 0.15) is 28.9 Å². The molecule has 0 saturated carbocycles. The summed E-state index contributed by atoms with van der Waals surface area (Å²) in [5.74, 6) is -1.15. The Morgan fingerprint density at radius 2 is 1.90 bits per heavy atom. The summed E-state index contributed by atoms with van der Waals surface area (Å²) in [6.45, 7) is 1.81. The summed E-state index contributed by atoms with van der Waals surface area (Å²) in [5.41, 5.74) is 0.938. The van der Waals surface area contributed by atoms with E-state index in [1.54, 1.807) is 24.5 Å². The molecule has 1 amide bonds. The number of aromatic nitrogens is 1. The number of pyridine rings is 1. The van der Waals surface area contributed by atoms with Crippen molar-refractivity contribution in [2.24, 2.45) is 0 Å². The molecule has 6 heteroatoms. The Kier molecular flexibility index (Phi) is 4.57. The fourth-order valence-electron chi connectivity index (χ4n) is 1.71. The highest BCUT2D eigenvalue weighted by Crippen LogP contribution is 2.25. The Morgan fingerprint density at radius 3 is 2.55 bits per heavy atom. The Labute approximate surface area is 125 Å². The van der Waals surface area contributed by atoms with Crippen LogP contribution in [0.15, 0.2) is 36.7 Å². The number of nitrogens with zero attached hydrogens (tertiary/aromatic N) is 1. The summed E-state index contributed by atoms with van der Waals surface area (Å²) >= 11 is 11.5. The van der Waals surface area contributed by atoms with E-state index in [1.807, 2.05) is 6.92 Å². The number of carbonyl (C=O) groups is 1. The highest BCUT2D eigenvalue weighted by atomic mass is 35.5. The van der Waals surface area contributed by atoms with Gasteiger partial charge in [-0.3, -0.25) is 9.78 Å². The number of benzene rings is 1. The SMILES string of the molecule is CC(NC(=O)c1cc(F)c(Cl)cc1Cl)c1ccncc1. The lowest BCUT2D eigenvalue weighted by Crippen LogP contribution is -2.27. The van der Waals surface area contributed by atoms with Gasteiger partial charge in [-0.2, -0.15) is 0 Å². The molecule has 1 aromatic carbocycles. The van der Waals surface area contributed by atoms with Crippen molar-refractivity contribution in [3.05, 3.63) is 63.6 Å². The molecular formula is C14H11Cl2FN2O. The standard InChI is InChI=1S/C14H11Cl2FN2O/c1-8(9-2-4-18-5-3-9)19-14(20)10-6-13(17)12(16)7-11(10)15/h2-8H,1H3,(H,19,20). The fourth-order valence-corrected chi connectivity index (χ4v) is 2.18. The van der Waals surface area contributed by atoms with Gasteiger partial charge < -0.3 is 5.32 Å². The van der Waals surface area contributed by atoms with Gasteiger partial charge >= 0.3 is 0 Å². The molecule has 0 radical (unpaired) electrons. The van der Waals surface area contributed by atoms with E-state index in [-0.39, 0.29) is 21.7 Å². The van der Waals surface area contributed by atoms with Crippen LogP contribution in [0.4, 0.5) is 4.39 Å². The molecule has 1 atom stereocenters. The van der Waals surface area contributed by atoms with Gasteiger partial charge in [-0.05, 0) is 36.8 Å². The highest BCUT2D eigenvalue weighted by Gasteiger charge is 2.16. The molecule has 0 aliphatic heterocycles. The zero-order chi connectivity index (χ0) is 14.7. The molecule has 3 nitrogen and oxygen atoms in total. The predicted molar refractivity (Wildman–Crippen MR) is 76.5 cm³/mol. The van der Waals surface area contributed by atoms with Crippen molar-refractivity contribution in [2.75, 3.05) is 0 Å². The van der Waals surface area contributed by atoms with Gasteiger partial charge in [0.25, 0.3) is 5.91 Å². The molecule has 1 heterocycles. The second kappa shape index (κ2) is 6.20. The van der Waals surface area contributed by atoms with E-state index in [1.165, 1.54) is 6.07 Å². The molecule has 104 valence electrons. The first-order valence-electron chi connectivity index (χ1n) is 5.84. The van der Waals surface area contributed by atoms with Gasteiger partial charge in [-0.1, -0.05) is 23.2 Å². The van der Waals surface area contributed by atoms with Crippen molar-refractivity contribution in [3.63, 3.8) is 0 Å². The molecule has 0 aliphatic carbocycles. The normalized spacial score (nSPS) is 12.0. The van der Waals surface area contributed by atoms with Gasteiger partial charge in [0.05, 0.1) is 21.7 Å². The maximum Gasteiger partial charge on any atom is 0.253 e. The summed E-state index contributed by atoms with van der Waals surface area (Å²) in [4.78, 5) is 16.0. The summed E-state index contributed by atoms with van der Waals surface area (Å²) < 4.78 is 13.4. The molecule has 1 aromatic heterocycles. The molecule has 2 rings (SSSR count). The third-order valence-electron chi connectivity index (χ3n) is 2.81. The van der Waals surface area contributed by atoms with Crippen molar-refractivity contribution in [2.45, 2.75) is 13.0 Å². The zero-order valence-electron chi connectivity index (χ0n) is 10.5. The Balaban J connectivity index is 2.19. The van der Waals surface area contributed by atoms with Crippen LogP contribution in [0.2, 0.25) is 10.0 Å². The smallest absolute Gasteiger partial charge is 0.253 e. The van der Waals surface area contributed by atoms with E-state index < -0.39 is 11.7 Å². The van der Waals surface area contributed by atoms with Gasteiger partial charge in [0, 0.05) is 12.4 Å². The lowest BCUT2D eigenvalue weighted by Gasteiger charge is -2.15. The molecule has 1 unspecified atom stereocenters. The van der Waals surface area contributed by atoms with E-state index >= 15 is 0 Å². The minimum atomic E-state index is -0.683. The lowest BCUT2D eigenvalue weighted by atomic mass is 10.1. The first-order chi connectivity index (χ1) is 9.49. The van der Waals surface area contributed by atoms with Crippen molar-refractivity contribution in [1.82, 2.24) is 10.3 Å². The van der Waals surface area contributed by atoms with Crippen LogP contribution in [-0.4, -0.2) is 10.9 Å². The summed E-state index contributed by atoms with van der Waals surface area (Å²) in [7, 11) is 0. The van der Waals surface area contributed by atoms with E-state index in [9.17, 15) is 9.18 Å². The van der Waals surface area contributed by atoms with Crippen LogP contribution >= 0.6 is 23.2 Å². The number of carbonyl (C=O) groups excluding carboxylic acids is 1. The second-order valence-corrected chi connectivity index (χ2v) is 5.04. The largest absolute Gasteiger partial charge is 0.345 e. The van der Waals surface area contributed by atoms with Gasteiger partial charge in [-0.15, -0.1) is 0 Å². The summed E-state index contributed by atoms with van der Waals surface area (Å²) in [5, 5.41) is 2.73. The minimum Gasteiger partial charge on any atom is -0.345 e. The number of halogens is 3. The molecule has 1 N–H and O–H groups in total. The number of nitrogens with one attached hydrogen (secondary N) is 1. The minimum absolute atomic E-state index is 0.0504. The molecule has 0 fully saturated rings. The van der Waals surface area contributed by atoms with Crippen molar-refractivity contribution in [1.29, 1.82) is 0 Å². The molecule has 0 aliphatic rings. The fraction of sp³-hybridized carbons (Fsp3) is 0.143. The van der Waals surface area contributed by atoms with E-state index in [0.717, 1.165) is 11.6 Å². The Morgan fingerprint density at radius 1 is 1.25 bits per heavy atom. The van der Waals surface area contributed by atoms with E-state index in [2.05, 4.69) is 10.3 Å². The van der Waals surface area contributed by atoms with Gasteiger partial charge in [0.15, 0.2) is 0 Å². The van der Waals surface area contributed by atoms with Gasteiger partial charge in [0.2, 0.25) is 0 Å². The van der Waals surface area contributed by atoms with Gasteiger partial charge in [0.1, 0.15) is 5.82 Å². The average molecular weight is 313 g/mol. The van der Waals surface area contributed by atoms with Crippen LogP contribution in [0.3, 0.4) is 0 Å². The molecule has 0 spiro atoms. The number of rotatable bonds is 3. The predicted octanol–water partition coefficient (Wildman–Crippen LogP) is 4.02. The molecule has 0 bridgehead atoms. The number of hydrogen-bond donors (Lipinski definition) is 1. The Bertz CT molecular complexity index is 635. The summed E-state index contributed by atoms with van der Waals surface area (Å²) in [6, 6.07) is 5.56. The van der Waals surface area contributed by atoms with Crippen LogP contribution in [0.5, 0.6) is 0 Å². The Hall–Kier alpha value is -1.65. The third-order valence-corrected chi connectivity index (χ3v) is 3.41. The number of amides is 1. The van der Waals surface area contributed by atoms with Crippen LogP contribution in [0.25, 0.3) is 0 Å². The molecule has 2 aromatic rings. The maximum absolute atomic E-state index is 13.4. The average Bonchev–Trinajstić information content (AvgIpc) is 2.43. The van der Waals surface area contributed by atoms with Crippen molar-refractivity contribution >= 4 is 29.1 Å². The molecular weight excluding hydrogens is 302 g/mol. The maximum atomic E-state index is 13.4. The quantitative estimate of drug-likeness (QED) is 0.870. The zero-order valence-corrected chi connectivity index (χ0v) is 12.0. The van der Waals surface area contributed by atoms with E-state index in [4.69, 9.17) is 23.2 Å². The highest BCUT2D eigenvalue weighted by molar-refractivity contribution is 6.36. The van der Waals surface area contributed by atoms with Crippen molar-refractivity contribution < 1.29 is 9.18 Å². The number of hydrogen-bond acceptors (Lipinski definition) is 2. The van der Waals surface area contributed by atoms with Crippen LogP contribution in [-0.2, 0) is 0 Å².